The summed E-state index contributed by atoms with van der Waals surface area (Å²) in [4.78, 5) is 35.5. The number of carbonyl (C=O) groups is 3. The third kappa shape index (κ3) is 24.4. The Labute approximate surface area is 256 Å². The number of hydrogen-bond donors (Lipinski definition) is 1. The number of aliphatic carboxylic acids is 1. The summed E-state index contributed by atoms with van der Waals surface area (Å²) in [6, 6.07) is -0.608. The van der Waals surface area contributed by atoms with Crippen molar-refractivity contribution in [2.75, 3.05) is 41.0 Å². The molecule has 1 N–H and O–H groups in total. The molecule has 244 valence electrons. The molecule has 0 amide bonds. The van der Waals surface area contributed by atoms with Crippen LogP contribution in [-0.2, 0) is 28.6 Å². The van der Waals surface area contributed by atoms with Crippen LogP contribution in [0.25, 0.3) is 0 Å². The van der Waals surface area contributed by atoms with Crippen LogP contribution in [0.15, 0.2) is 24.3 Å². The Morgan fingerprint density at radius 2 is 1.31 bits per heavy atom. The Hall–Kier alpha value is -2.19. The summed E-state index contributed by atoms with van der Waals surface area (Å²) in [6.07, 6.45) is 25.7. The zero-order valence-corrected chi connectivity index (χ0v) is 27.5. The van der Waals surface area contributed by atoms with Crippen LogP contribution in [0.2, 0.25) is 0 Å². The lowest BCUT2D eigenvalue weighted by atomic mass is 10.1. The molecular weight excluding hydrogens is 534 g/mol. The average molecular weight is 597 g/mol. The van der Waals surface area contributed by atoms with Crippen molar-refractivity contribution in [2.24, 2.45) is 0 Å². The quantitative estimate of drug-likeness (QED) is 0.0435. The normalized spacial score (nSPS) is 13.5. The van der Waals surface area contributed by atoms with E-state index in [2.05, 4.69) is 31.2 Å². The molecule has 0 aromatic rings. The molecule has 0 aliphatic heterocycles. The lowest BCUT2D eigenvalue weighted by Crippen LogP contribution is -2.50. The summed E-state index contributed by atoms with van der Waals surface area (Å²) in [6.45, 7) is 4.13. The highest BCUT2D eigenvalue weighted by molar-refractivity contribution is 5.72. The number of likely N-dealkylation sites (N-methyl/N-ethyl adjacent to an activating group) is 1. The summed E-state index contributed by atoms with van der Waals surface area (Å²) in [7, 11) is 5.47. The van der Waals surface area contributed by atoms with Crippen molar-refractivity contribution >= 4 is 17.9 Å². The predicted octanol–water partition coefficient (Wildman–Crippen LogP) is 7.40. The number of unbranched alkanes of at least 4 members (excludes halogenated alkanes) is 11. The molecule has 8 heteroatoms. The van der Waals surface area contributed by atoms with Gasteiger partial charge in [0, 0.05) is 19.3 Å². The summed E-state index contributed by atoms with van der Waals surface area (Å²) < 4.78 is 16.6. The van der Waals surface area contributed by atoms with E-state index >= 15 is 0 Å². The number of carboxylic acids is 1. The first-order valence-corrected chi connectivity index (χ1v) is 16.4. The molecule has 0 aromatic heterocycles. The minimum absolute atomic E-state index is 0.0528. The highest BCUT2D eigenvalue weighted by atomic mass is 16.6. The maximum Gasteiger partial charge on any atom is 0.362 e. The zero-order chi connectivity index (χ0) is 31.5. The van der Waals surface area contributed by atoms with Crippen molar-refractivity contribution in [3.63, 3.8) is 0 Å². The number of quaternary nitrogens is 1. The lowest BCUT2D eigenvalue weighted by Gasteiger charge is -2.31. The molecule has 0 aromatic carbocycles. The number of rotatable bonds is 28. The Morgan fingerprint density at radius 3 is 1.86 bits per heavy atom. The van der Waals surface area contributed by atoms with Crippen LogP contribution < -0.4 is 0 Å². The second-order valence-corrected chi connectivity index (χ2v) is 12.0. The van der Waals surface area contributed by atoms with Gasteiger partial charge in [0.1, 0.15) is 6.61 Å². The minimum atomic E-state index is -0.884. The Balaban J connectivity index is 4.04. The molecule has 42 heavy (non-hydrogen) atoms. The predicted molar refractivity (Wildman–Crippen MR) is 169 cm³/mol. The van der Waals surface area contributed by atoms with Gasteiger partial charge in [0.15, 0.2) is 12.1 Å². The fraction of sp³-hybridized carbons (Fsp3) is 0.794. The van der Waals surface area contributed by atoms with Crippen molar-refractivity contribution < 1.29 is 38.2 Å². The SMILES string of the molecule is CCCCCC/C=C\C/C=C\CCCCCCCCCC(=O)OC(COCCC(C(=O)O)[N+](C)(C)C)COC(=O)CC. The molecular formula is C34H62NO7+. The first-order chi connectivity index (χ1) is 20.1. The van der Waals surface area contributed by atoms with E-state index < -0.39 is 18.1 Å². The average Bonchev–Trinajstić information content (AvgIpc) is 2.93. The van der Waals surface area contributed by atoms with E-state index in [9.17, 15) is 19.5 Å². The van der Waals surface area contributed by atoms with Crippen molar-refractivity contribution in [3.05, 3.63) is 24.3 Å². The number of nitrogens with zero attached hydrogens (tertiary/aromatic N) is 1. The van der Waals surface area contributed by atoms with Gasteiger partial charge in [0.05, 0.1) is 34.4 Å². The smallest absolute Gasteiger partial charge is 0.362 e. The van der Waals surface area contributed by atoms with E-state index in [4.69, 9.17) is 14.2 Å². The van der Waals surface area contributed by atoms with Crippen LogP contribution in [0, 0.1) is 0 Å². The first kappa shape index (κ1) is 39.8. The minimum Gasteiger partial charge on any atom is -0.477 e. The number of carbonyl (C=O) groups excluding carboxylic acids is 2. The molecule has 0 fully saturated rings. The summed E-state index contributed by atoms with van der Waals surface area (Å²) in [5, 5.41) is 9.45. The van der Waals surface area contributed by atoms with E-state index in [-0.39, 0.29) is 42.7 Å². The molecule has 8 nitrogen and oxygen atoms in total. The number of carboxylic acid groups (broad SMARTS) is 1. The Morgan fingerprint density at radius 1 is 0.738 bits per heavy atom. The third-order valence-electron chi connectivity index (χ3n) is 7.16. The van der Waals surface area contributed by atoms with Gasteiger partial charge in [-0.3, -0.25) is 9.59 Å². The molecule has 2 unspecified atom stereocenters. The van der Waals surface area contributed by atoms with E-state index in [1.54, 1.807) is 6.92 Å². The van der Waals surface area contributed by atoms with E-state index in [0.717, 1.165) is 32.1 Å². The van der Waals surface area contributed by atoms with Gasteiger partial charge in [-0.25, -0.2) is 4.79 Å². The van der Waals surface area contributed by atoms with Crippen LogP contribution >= 0.6 is 0 Å². The van der Waals surface area contributed by atoms with Gasteiger partial charge < -0.3 is 23.8 Å². The van der Waals surface area contributed by atoms with Gasteiger partial charge in [-0.05, 0) is 38.5 Å². The number of ether oxygens (including phenoxy) is 3. The van der Waals surface area contributed by atoms with Gasteiger partial charge >= 0.3 is 17.9 Å². The summed E-state index contributed by atoms with van der Waals surface area (Å²) in [5.41, 5.74) is 0. The summed E-state index contributed by atoms with van der Waals surface area (Å²) >= 11 is 0. The standard InChI is InChI=1S/C34H61NO7/c1-6-8-9-10-11-12-13-14-15-16-17-18-19-20-21-22-23-24-25-33(37)42-30(29-41-32(36)7-2)28-40-27-26-31(34(38)39)35(3,4)5/h12-13,15-16,30-31H,6-11,14,17-29H2,1-5H3/p+1/b13-12-,16-15-. The molecule has 0 radical (unpaired) electrons. The fourth-order valence-corrected chi connectivity index (χ4v) is 4.51. The molecule has 0 saturated heterocycles. The topological polar surface area (TPSA) is 99.1 Å². The van der Waals surface area contributed by atoms with Gasteiger partial charge in [-0.2, -0.15) is 0 Å². The van der Waals surface area contributed by atoms with Crippen LogP contribution in [0.1, 0.15) is 123 Å². The molecule has 0 aliphatic carbocycles. The monoisotopic (exact) mass is 596 g/mol. The molecule has 0 heterocycles. The van der Waals surface area contributed by atoms with Gasteiger partial charge in [0.25, 0.3) is 0 Å². The molecule has 0 bridgehead atoms. The van der Waals surface area contributed by atoms with Gasteiger partial charge in [0.2, 0.25) is 0 Å². The largest absolute Gasteiger partial charge is 0.477 e. The molecule has 0 rings (SSSR count). The second kappa shape index (κ2) is 26.4. The maximum atomic E-state index is 12.4. The highest BCUT2D eigenvalue weighted by Crippen LogP contribution is 2.12. The molecule has 0 aliphatic rings. The first-order valence-electron chi connectivity index (χ1n) is 16.4. The van der Waals surface area contributed by atoms with E-state index in [1.807, 2.05) is 21.1 Å². The van der Waals surface area contributed by atoms with Crippen molar-refractivity contribution in [3.8, 4) is 0 Å². The zero-order valence-electron chi connectivity index (χ0n) is 27.5. The van der Waals surface area contributed by atoms with Crippen molar-refractivity contribution in [1.82, 2.24) is 0 Å². The van der Waals surface area contributed by atoms with Crippen molar-refractivity contribution in [1.29, 1.82) is 0 Å². The molecule has 2 atom stereocenters. The Kier molecular flexibility index (Phi) is 25.1. The van der Waals surface area contributed by atoms with Crippen LogP contribution in [0.4, 0.5) is 0 Å². The Bertz CT molecular complexity index is 757. The number of allylic oxidation sites excluding steroid dienone is 4. The lowest BCUT2D eigenvalue weighted by molar-refractivity contribution is -0.887. The fourth-order valence-electron chi connectivity index (χ4n) is 4.51. The molecule has 0 spiro atoms. The van der Waals surface area contributed by atoms with Crippen LogP contribution in [-0.4, -0.2) is 80.6 Å². The van der Waals surface area contributed by atoms with Crippen molar-refractivity contribution in [2.45, 2.75) is 135 Å². The van der Waals surface area contributed by atoms with Crippen LogP contribution in [0.5, 0.6) is 0 Å². The second-order valence-electron chi connectivity index (χ2n) is 12.0. The number of hydrogen-bond acceptors (Lipinski definition) is 6. The third-order valence-corrected chi connectivity index (χ3v) is 7.16. The maximum absolute atomic E-state index is 12.4. The van der Waals surface area contributed by atoms with E-state index in [0.29, 0.717) is 12.8 Å². The van der Waals surface area contributed by atoms with Gasteiger partial charge in [-0.1, -0.05) is 89.5 Å². The summed E-state index contributed by atoms with van der Waals surface area (Å²) in [5.74, 6) is -1.59. The molecule has 0 saturated carbocycles. The van der Waals surface area contributed by atoms with Crippen LogP contribution in [0.3, 0.4) is 0 Å². The highest BCUT2D eigenvalue weighted by Gasteiger charge is 2.31. The van der Waals surface area contributed by atoms with E-state index in [1.165, 1.54) is 57.8 Å². The number of esters is 2. The van der Waals surface area contributed by atoms with Gasteiger partial charge in [-0.15, -0.1) is 0 Å².